The number of urea groups is 1. The number of aryl methyl sites for hydroxylation is 1. The lowest BCUT2D eigenvalue weighted by molar-refractivity contribution is -0.162. The summed E-state index contributed by atoms with van der Waals surface area (Å²) < 4.78 is 0. The van der Waals surface area contributed by atoms with E-state index in [1.54, 1.807) is 5.01 Å². The van der Waals surface area contributed by atoms with Crippen LogP contribution in [0, 0.1) is 18.8 Å². The molecular weight excluding hydrogens is 430 g/mol. The van der Waals surface area contributed by atoms with Gasteiger partial charge in [0, 0.05) is 24.0 Å². The number of hydrazine groups is 1. The molecule has 2 saturated carbocycles. The molecule has 0 radical (unpaired) electrons. The molecule has 1 aromatic rings. The zero-order valence-corrected chi connectivity index (χ0v) is 20.5. The second-order valence-corrected chi connectivity index (χ2v) is 10.8. The predicted molar refractivity (Wildman–Crippen MR) is 128 cm³/mol. The molecule has 4 atom stereocenters. The average molecular weight is 468 g/mol. The van der Waals surface area contributed by atoms with Gasteiger partial charge < -0.3 is 10.2 Å². The van der Waals surface area contributed by atoms with Crippen molar-refractivity contribution in [3.63, 3.8) is 0 Å². The number of carbonyl (C=O) groups is 3. The first kappa shape index (κ1) is 23.1. The van der Waals surface area contributed by atoms with Gasteiger partial charge in [0.2, 0.25) is 11.8 Å². The lowest BCUT2D eigenvalue weighted by atomic mass is 9.75. The Morgan fingerprint density at radius 1 is 1.09 bits per heavy atom. The van der Waals surface area contributed by atoms with E-state index in [4.69, 9.17) is 0 Å². The molecule has 184 valence electrons. The van der Waals surface area contributed by atoms with E-state index < -0.39 is 6.29 Å². The van der Waals surface area contributed by atoms with Gasteiger partial charge in [-0.2, -0.15) is 5.43 Å². The van der Waals surface area contributed by atoms with E-state index in [0.29, 0.717) is 25.8 Å². The third-order valence-electron chi connectivity index (χ3n) is 8.09. The molecule has 2 aliphatic heterocycles. The smallest absolute Gasteiger partial charge is 0.337 e. The van der Waals surface area contributed by atoms with Crippen LogP contribution in [0.3, 0.4) is 0 Å². The molecule has 2 saturated heterocycles. The van der Waals surface area contributed by atoms with Gasteiger partial charge in [-0.15, -0.1) is 0 Å². The van der Waals surface area contributed by atoms with E-state index in [1.165, 1.54) is 18.4 Å². The van der Waals surface area contributed by atoms with Crippen LogP contribution in [0.1, 0.15) is 69.9 Å². The van der Waals surface area contributed by atoms with Crippen molar-refractivity contribution in [2.45, 2.75) is 96.7 Å². The van der Waals surface area contributed by atoms with Crippen LogP contribution in [0.2, 0.25) is 0 Å². The van der Waals surface area contributed by atoms with E-state index in [-0.39, 0.29) is 47.8 Å². The molecule has 4 amide bonds. The number of carbonyl (C=O) groups excluding carboxylic acids is 3. The zero-order chi connectivity index (χ0) is 24.0. The second-order valence-electron chi connectivity index (χ2n) is 10.8. The Bertz CT molecular complexity index is 942. The molecule has 1 aromatic carbocycles. The fourth-order valence-electron chi connectivity index (χ4n) is 6.23. The molecule has 4 fully saturated rings. The quantitative estimate of drug-likeness (QED) is 0.697. The van der Waals surface area contributed by atoms with Gasteiger partial charge in [0.15, 0.2) is 6.29 Å². The Kier molecular flexibility index (Phi) is 6.27. The molecule has 0 aromatic heterocycles. The highest BCUT2D eigenvalue weighted by Gasteiger charge is 2.56. The highest BCUT2D eigenvalue weighted by Crippen LogP contribution is 2.41. The van der Waals surface area contributed by atoms with Crippen molar-refractivity contribution in [1.29, 1.82) is 0 Å². The normalized spacial score (nSPS) is 29.6. The molecule has 8 heteroatoms. The van der Waals surface area contributed by atoms with Gasteiger partial charge in [0.1, 0.15) is 0 Å². The average Bonchev–Trinajstić information content (AvgIpc) is 3.43. The van der Waals surface area contributed by atoms with Crippen LogP contribution in [0.4, 0.5) is 4.79 Å². The highest BCUT2D eigenvalue weighted by molar-refractivity contribution is 5.87. The monoisotopic (exact) mass is 467 g/mol. The van der Waals surface area contributed by atoms with Crippen molar-refractivity contribution < 1.29 is 14.4 Å². The van der Waals surface area contributed by atoms with Crippen LogP contribution in [0.5, 0.6) is 0 Å². The van der Waals surface area contributed by atoms with Crippen molar-refractivity contribution in [2.75, 3.05) is 0 Å². The van der Waals surface area contributed by atoms with Gasteiger partial charge in [0.25, 0.3) is 0 Å². The van der Waals surface area contributed by atoms with Crippen LogP contribution in [-0.2, 0) is 16.1 Å². The van der Waals surface area contributed by atoms with Gasteiger partial charge in [-0.05, 0) is 58.4 Å². The number of amides is 4. The van der Waals surface area contributed by atoms with Crippen molar-refractivity contribution in [2.24, 2.45) is 11.8 Å². The Morgan fingerprint density at radius 3 is 2.47 bits per heavy atom. The molecular formula is C26H37N5O3. The van der Waals surface area contributed by atoms with Crippen LogP contribution in [-0.4, -0.2) is 57.1 Å². The van der Waals surface area contributed by atoms with Crippen molar-refractivity contribution in [1.82, 2.24) is 25.6 Å². The number of hydrogen-bond acceptors (Lipinski definition) is 4. The number of fused-ring (bicyclic) bond motifs is 3. The lowest BCUT2D eigenvalue weighted by Gasteiger charge is -2.51. The Morgan fingerprint density at radius 2 is 1.79 bits per heavy atom. The maximum absolute atomic E-state index is 13.6. The molecule has 4 aliphatic rings. The van der Waals surface area contributed by atoms with Gasteiger partial charge in [-0.3, -0.25) is 19.5 Å². The SMILES string of the molecule is Cc1ccc(CN2NC3N(C(C)C)C(=O)C4CCC(C(=O)NC5CCCC5)CC4N3C2=O)cc1. The molecule has 0 spiro atoms. The molecule has 0 bridgehead atoms. The predicted octanol–water partition coefficient (Wildman–Crippen LogP) is 3.12. The summed E-state index contributed by atoms with van der Waals surface area (Å²) in [7, 11) is 0. The zero-order valence-electron chi connectivity index (χ0n) is 20.5. The van der Waals surface area contributed by atoms with Crippen LogP contribution >= 0.6 is 0 Å². The summed E-state index contributed by atoms with van der Waals surface area (Å²) >= 11 is 0. The van der Waals surface area contributed by atoms with Gasteiger partial charge in [0.05, 0.1) is 12.5 Å². The third-order valence-corrected chi connectivity index (χ3v) is 8.09. The molecule has 2 N–H and O–H groups in total. The number of hydrogen-bond donors (Lipinski definition) is 2. The minimum Gasteiger partial charge on any atom is -0.353 e. The van der Waals surface area contributed by atoms with Crippen LogP contribution in [0.15, 0.2) is 24.3 Å². The van der Waals surface area contributed by atoms with Crippen molar-refractivity contribution in [3.05, 3.63) is 35.4 Å². The fourth-order valence-corrected chi connectivity index (χ4v) is 6.23. The summed E-state index contributed by atoms with van der Waals surface area (Å²) in [6, 6.07) is 8.00. The van der Waals surface area contributed by atoms with Gasteiger partial charge in [-0.25, -0.2) is 4.79 Å². The topological polar surface area (TPSA) is 85.0 Å². The lowest BCUT2D eigenvalue weighted by Crippen LogP contribution is -2.68. The molecule has 2 heterocycles. The highest BCUT2D eigenvalue weighted by atomic mass is 16.2. The van der Waals surface area contributed by atoms with E-state index in [9.17, 15) is 14.4 Å². The fraction of sp³-hybridized carbons (Fsp3) is 0.654. The number of rotatable bonds is 5. The first-order valence-electron chi connectivity index (χ1n) is 12.9. The number of benzene rings is 1. The summed E-state index contributed by atoms with van der Waals surface area (Å²) in [6.45, 7) is 6.45. The Labute approximate surface area is 202 Å². The van der Waals surface area contributed by atoms with Crippen molar-refractivity contribution >= 4 is 17.8 Å². The Balaban J connectivity index is 1.36. The van der Waals surface area contributed by atoms with Crippen LogP contribution in [0.25, 0.3) is 0 Å². The maximum Gasteiger partial charge on any atom is 0.337 e. The second kappa shape index (κ2) is 9.21. The largest absolute Gasteiger partial charge is 0.353 e. The van der Waals surface area contributed by atoms with E-state index in [2.05, 4.69) is 10.7 Å². The molecule has 4 unspecified atom stereocenters. The van der Waals surface area contributed by atoms with E-state index in [1.807, 2.05) is 54.8 Å². The summed E-state index contributed by atoms with van der Waals surface area (Å²) in [5, 5.41) is 4.86. The minimum atomic E-state index is -0.511. The van der Waals surface area contributed by atoms with Crippen molar-refractivity contribution in [3.8, 4) is 0 Å². The first-order chi connectivity index (χ1) is 16.3. The maximum atomic E-state index is 13.6. The Hall–Kier alpha value is -2.61. The van der Waals surface area contributed by atoms with E-state index in [0.717, 1.165) is 18.4 Å². The first-order valence-corrected chi connectivity index (χ1v) is 12.9. The molecule has 8 nitrogen and oxygen atoms in total. The van der Waals surface area contributed by atoms with Gasteiger partial charge >= 0.3 is 6.03 Å². The van der Waals surface area contributed by atoms with E-state index >= 15 is 0 Å². The summed E-state index contributed by atoms with van der Waals surface area (Å²) in [4.78, 5) is 43.9. The summed E-state index contributed by atoms with van der Waals surface area (Å²) in [5.74, 6) is -0.218. The number of nitrogens with zero attached hydrogens (tertiary/aromatic N) is 3. The molecule has 34 heavy (non-hydrogen) atoms. The molecule has 2 aliphatic carbocycles. The van der Waals surface area contributed by atoms with Crippen LogP contribution < -0.4 is 10.7 Å². The standard InChI is InChI=1S/C26H37N5O3/c1-16(2)30-24(33)21-13-12-19(23(32)27-20-6-4-5-7-20)14-22(21)31-25(30)28-29(26(31)34)15-18-10-8-17(3)9-11-18/h8-11,16,19-22,25,28H,4-7,12-15H2,1-3H3,(H,27,32). The van der Waals surface area contributed by atoms with Gasteiger partial charge in [-0.1, -0.05) is 42.7 Å². The molecule has 5 rings (SSSR count). The number of nitrogens with one attached hydrogen (secondary N) is 2. The summed E-state index contributed by atoms with van der Waals surface area (Å²) in [5.41, 5.74) is 5.52. The summed E-state index contributed by atoms with van der Waals surface area (Å²) in [6.07, 6.45) is 5.83. The third kappa shape index (κ3) is 4.17. The minimum absolute atomic E-state index is 0.0380.